The Balaban J connectivity index is 1.61. The van der Waals surface area contributed by atoms with Crippen molar-refractivity contribution in [2.24, 2.45) is 0 Å². The summed E-state index contributed by atoms with van der Waals surface area (Å²) in [7, 11) is 0. The smallest absolute Gasteiger partial charge is 0.143 e. The van der Waals surface area contributed by atoms with Crippen molar-refractivity contribution in [2.45, 2.75) is 9.79 Å². The fraction of sp³-hybridized carbons (Fsp3) is 0. The van der Waals surface area contributed by atoms with E-state index in [1.807, 2.05) is 11.8 Å². The van der Waals surface area contributed by atoms with Crippen molar-refractivity contribution >= 4 is 60.6 Å². The van der Waals surface area contributed by atoms with Gasteiger partial charge in [0, 0.05) is 38.0 Å². The first kappa shape index (κ1) is 15.2. The number of hydrogen-bond acceptors (Lipinski definition) is 5. The van der Waals surface area contributed by atoms with E-state index in [0.29, 0.717) is 0 Å². The van der Waals surface area contributed by atoms with Crippen LogP contribution in [0.2, 0.25) is 0 Å². The highest BCUT2D eigenvalue weighted by molar-refractivity contribution is 7.99. The molecule has 0 radical (unpaired) electrons. The van der Waals surface area contributed by atoms with Crippen LogP contribution in [0.4, 0.5) is 17.1 Å². The van der Waals surface area contributed by atoms with Crippen molar-refractivity contribution in [3.05, 3.63) is 79.1 Å². The minimum absolute atomic E-state index is 0.985. The van der Waals surface area contributed by atoms with Crippen LogP contribution >= 0.6 is 23.1 Å². The molecular formula is C22H13N3S2. The van der Waals surface area contributed by atoms with Gasteiger partial charge in [0.25, 0.3) is 0 Å². The highest BCUT2D eigenvalue weighted by Gasteiger charge is 2.24. The number of para-hydroxylation sites is 2. The number of benzene rings is 3. The molecule has 0 atom stereocenters. The minimum atomic E-state index is 0.985. The average molecular weight is 384 g/mol. The van der Waals surface area contributed by atoms with Gasteiger partial charge in [-0.15, -0.1) is 11.3 Å². The highest BCUT2D eigenvalue weighted by Crippen LogP contribution is 2.51. The second kappa shape index (κ2) is 5.81. The first-order valence-corrected chi connectivity index (χ1v) is 10.3. The molecule has 3 aromatic carbocycles. The maximum atomic E-state index is 4.51. The van der Waals surface area contributed by atoms with Crippen LogP contribution in [0.5, 0.6) is 0 Å². The Morgan fingerprint density at radius 1 is 0.741 bits per heavy atom. The number of thiophene rings is 1. The molecule has 0 unspecified atom stereocenters. The molecule has 2 aromatic heterocycles. The lowest BCUT2D eigenvalue weighted by atomic mass is 10.1. The van der Waals surface area contributed by atoms with Gasteiger partial charge in [0.15, 0.2) is 0 Å². The SMILES string of the molecule is c1ccc2c(c1)Sc1ccccc1N2c1ccc2c(c1)sc1nccnc12. The summed E-state index contributed by atoms with van der Waals surface area (Å²) in [6.45, 7) is 0. The number of anilines is 3. The van der Waals surface area contributed by atoms with Gasteiger partial charge >= 0.3 is 0 Å². The lowest BCUT2D eigenvalue weighted by Crippen LogP contribution is -2.14. The zero-order valence-electron chi connectivity index (χ0n) is 14.2. The molecule has 0 aliphatic carbocycles. The Bertz CT molecular complexity index is 1280. The summed E-state index contributed by atoms with van der Waals surface area (Å²) >= 11 is 3.53. The molecular weight excluding hydrogens is 370 g/mol. The van der Waals surface area contributed by atoms with Crippen molar-refractivity contribution in [2.75, 3.05) is 4.90 Å². The molecule has 27 heavy (non-hydrogen) atoms. The second-order valence-corrected chi connectivity index (χ2v) is 8.48. The normalized spacial score (nSPS) is 13.0. The topological polar surface area (TPSA) is 29.0 Å². The lowest BCUT2D eigenvalue weighted by Gasteiger charge is -2.32. The molecule has 6 rings (SSSR count). The standard InChI is InChI=1S/C22H13N3S2/c1-3-7-18-16(5-1)25(17-6-2-4-8-19(17)26-18)14-9-10-15-20(13-14)27-22-21(15)23-11-12-24-22/h1-13H. The molecule has 0 saturated heterocycles. The molecule has 0 saturated carbocycles. The van der Waals surface area contributed by atoms with Gasteiger partial charge in [-0.3, -0.25) is 4.98 Å². The third-order valence-electron chi connectivity index (χ3n) is 4.78. The zero-order chi connectivity index (χ0) is 17.8. The summed E-state index contributed by atoms with van der Waals surface area (Å²) in [5.41, 5.74) is 4.59. The Kier molecular flexibility index (Phi) is 3.27. The molecule has 5 aromatic rings. The molecule has 3 heterocycles. The molecule has 1 aliphatic heterocycles. The van der Waals surface area contributed by atoms with E-state index in [0.717, 1.165) is 16.0 Å². The van der Waals surface area contributed by atoms with E-state index in [4.69, 9.17) is 0 Å². The maximum absolute atomic E-state index is 4.51. The van der Waals surface area contributed by atoms with E-state index < -0.39 is 0 Å². The van der Waals surface area contributed by atoms with Crippen LogP contribution in [0.3, 0.4) is 0 Å². The van der Waals surface area contributed by atoms with Crippen LogP contribution in [0.1, 0.15) is 0 Å². The van der Waals surface area contributed by atoms with Crippen molar-refractivity contribution in [3.8, 4) is 0 Å². The molecule has 1 aliphatic rings. The predicted molar refractivity (Wildman–Crippen MR) is 114 cm³/mol. The van der Waals surface area contributed by atoms with E-state index in [1.54, 1.807) is 23.7 Å². The fourth-order valence-electron chi connectivity index (χ4n) is 3.60. The quantitative estimate of drug-likeness (QED) is 0.313. The fourth-order valence-corrected chi connectivity index (χ4v) is 5.70. The van der Waals surface area contributed by atoms with Crippen molar-refractivity contribution < 1.29 is 0 Å². The van der Waals surface area contributed by atoms with E-state index >= 15 is 0 Å². The molecule has 3 nitrogen and oxygen atoms in total. The molecule has 128 valence electrons. The van der Waals surface area contributed by atoms with Crippen LogP contribution in [0, 0.1) is 0 Å². The third kappa shape index (κ3) is 2.29. The van der Waals surface area contributed by atoms with Gasteiger partial charge in [-0.1, -0.05) is 36.0 Å². The molecule has 5 heteroatoms. The highest BCUT2D eigenvalue weighted by atomic mass is 32.2. The van der Waals surface area contributed by atoms with Crippen molar-refractivity contribution in [1.29, 1.82) is 0 Å². The van der Waals surface area contributed by atoms with Crippen molar-refractivity contribution in [1.82, 2.24) is 9.97 Å². The van der Waals surface area contributed by atoms with Crippen LogP contribution in [-0.2, 0) is 0 Å². The molecule has 0 fully saturated rings. The summed E-state index contributed by atoms with van der Waals surface area (Å²) < 4.78 is 1.21. The average Bonchev–Trinajstić information content (AvgIpc) is 3.09. The predicted octanol–water partition coefficient (Wildman–Crippen LogP) is 6.78. The van der Waals surface area contributed by atoms with Crippen LogP contribution in [0.15, 0.2) is 88.9 Å². The zero-order valence-corrected chi connectivity index (χ0v) is 15.8. The number of aromatic nitrogens is 2. The summed E-state index contributed by atoms with van der Waals surface area (Å²) in [6, 6.07) is 23.8. The van der Waals surface area contributed by atoms with E-state index in [1.165, 1.54) is 31.3 Å². The summed E-state index contributed by atoms with van der Waals surface area (Å²) in [4.78, 5) is 14.9. The molecule has 0 N–H and O–H groups in total. The Morgan fingerprint density at radius 2 is 1.44 bits per heavy atom. The summed E-state index contributed by atoms with van der Waals surface area (Å²) in [5.74, 6) is 0. The van der Waals surface area contributed by atoms with Gasteiger partial charge in [0.05, 0.1) is 11.4 Å². The van der Waals surface area contributed by atoms with Gasteiger partial charge in [-0.25, -0.2) is 4.98 Å². The minimum Gasteiger partial charge on any atom is -0.308 e. The van der Waals surface area contributed by atoms with E-state index in [-0.39, 0.29) is 0 Å². The monoisotopic (exact) mass is 383 g/mol. The van der Waals surface area contributed by atoms with Crippen LogP contribution < -0.4 is 4.90 Å². The first-order chi connectivity index (χ1) is 13.4. The van der Waals surface area contributed by atoms with Crippen LogP contribution in [-0.4, -0.2) is 9.97 Å². The van der Waals surface area contributed by atoms with Crippen LogP contribution in [0.25, 0.3) is 20.4 Å². The maximum Gasteiger partial charge on any atom is 0.143 e. The number of fused-ring (bicyclic) bond motifs is 5. The number of hydrogen-bond donors (Lipinski definition) is 0. The molecule has 0 bridgehead atoms. The Hall–Kier alpha value is -2.89. The number of rotatable bonds is 1. The second-order valence-electron chi connectivity index (χ2n) is 6.37. The Labute approximate surface area is 164 Å². The van der Waals surface area contributed by atoms with Gasteiger partial charge in [-0.2, -0.15) is 0 Å². The number of nitrogens with zero attached hydrogens (tertiary/aromatic N) is 3. The van der Waals surface area contributed by atoms with Gasteiger partial charge in [0.1, 0.15) is 10.3 Å². The van der Waals surface area contributed by atoms with Gasteiger partial charge in [-0.05, 0) is 42.5 Å². The summed E-state index contributed by atoms with van der Waals surface area (Å²) in [5, 5.41) is 1.17. The largest absolute Gasteiger partial charge is 0.308 e. The summed E-state index contributed by atoms with van der Waals surface area (Å²) in [6.07, 6.45) is 3.52. The van der Waals surface area contributed by atoms with Gasteiger partial charge < -0.3 is 4.90 Å². The molecule has 0 amide bonds. The lowest BCUT2D eigenvalue weighted by molar-refractivity contribution is 1.17. The third-order valence-corrected chi connectivity index (χ3v) is 6.96. The van der Waals surface area contributed by atoms with E-state index in [9.17, 15) is 0 Å². The van der Waals surface area contributed by atoms with E-state index in [2.05, 4.69) is 81.6 Å². The molecule has 0 spiro atoms. The first-order valence-electron chi connectivity index (χ1n) is 8.68. The van der Waals surface area contributed by atoms with Gasteiger partial charge in [0.2, 0.25) is 0 Å². The Morgan fingerprint density at radius 3 is 2.22 bits per heavy atom. The van der Waals surface area contributed by atoms with Crippen molar-refractivity contribution in [3.63, 3.8) is 0 Å².